The highest BCUT2D eigenvalue weighted by Gasteiger charge is 2.38. The molecule has 0 spiro atoms. The largest absolute Gasteiger partial charge is 0.377 e. The molecule has 0 saturated carbocycles. The first-order valence-corrected chi connectivity index (χ1v) is 3.94. The third kappa shape index (κ3) is 1.32. The molecule has 0 aromatic heterocycles. The van der Waals surface area contributed by atoms with E-state index in [1.54, 1.807) is 0 Å². The highest BCUT2D eigenvalue weighted by atomic mass is 19.1. The number of rotatable bonds is 1. The third-order valence-corrected chi connectivity index (χ3v) is 2.18. The summed E-state index contributed by atoms with van der Waals surface area (Å²) in [6, 6.07) is 3.27. The van der Waals surface area contributed by atoms with Crippen LogP contribution in [-0.2, 0) is 10.3 Å². The lowest BCUT2D eigenvalue weighted by Gasteiger charge is -2.38. The number of ether oxygens (including phenoxy) is 1. The van der Waals surface area contributed by atoms with Crippen LogP contribution in [0.15, 0.2) is 18.2 Å². The van der Waals surface area contributed by atoms with E-state index in [1.807, 2.05) is 0 Å². The number of halogens is 2. The van der Waals surface area contributed by atoms with Crippen molar-refractivity contribution in [2.45, 2.75) is 5.54 Å². The van der Waals surface area contributed by atoms with Crippen molar-refractivity contribution in [2.24, 2.45) is 5.73 Å². The van der Waals surface area contributed by atoms with Crippen LogP contribution >= 0.6 is 0 Å². The molecule has 0 aliphatic carbocycles. The van der Waals surface area contributed by atoms with E-state index in [0.29, 0.717) is 0 Å². The molecule has 2 N–H and O–H groups in total. The summed E-state index contributed by atoms with van der Waals surface area (Å²) in [5.74, 6) is -0.958. The molecule has 1 aliphatic rings. The standard InChI is InChI=1S/C9H9F2NO/c10-6-1-2-8(11)7(3-6)9(12)4-13-5-9/h1-3H,4-5,12H2. The molecule has 1 heterocycles. The zero-order valence-electron chi connectivity index (χ0n) is 6.89. The van der Waals surface area contributed by atoms with E-state index in [4.69, 9.17) is 10.5 Å². The van der Waals surface area contributed by atoms with Gasteiger partial charge in [-0.3, -0.25) is 0 Å². The molecule has 2 rings (SSSR count). The summed E-state index contributed by atoms with van der Waals surface area (Å²) in [7, 11) is 0. The maximum Gasteiger partial charge on any atom is 0.128 e. The van der Waals surface area contributed by atoms with Gasteiger partial charge < -0.3 is 10.5 Å². The van der Waals surface area contributed by atoms with Gasteiger partial charge in [-0.2, -0.15) is 0 Å². The molecule has 2 nitrogen and oxygen atoms in total. The van der Waals surface area contributed by atoms with Gasteiger partial charge >= 0.3 is 0 Å². The molecule has 1 saturated heterocycles. The minimum absolute atomic E-state index is 0.193. The van der Waals surface area contributed by atoms with Gasteiger partial charge in [-0.25, -0.2) is 8.78 Å². The SMILES string of the molecule is NC1(c2cc(F)ccc2F)COC1. The lowest BCUT2D eigenvalue weighted by molar-refractivity contribution is -0.0586. The number of hydrogen-bond acceptors (Lipinski definition) is 2. The topological polar surface area (TPSA) is 35.2 Å². The van der Waals surface area contributed by atoms with Gasteiger partial charge in [-0.15, -0.1) is 0 Å². The van der Waals surface area contributed by atoms with E-state index >= 15 is 0 Å². The fourth-order valence-electron chi connectivity index (χ4n) is 1.36. The van der Waals surface area contributed by atoms with Gasteiger partial charge in [-0.05, 0) is 18.2 Å². The molecule has 70 valence electrons. The zero-order valence-corrected chi connectivity index (χ0v) is 6.89. The van der Waals surface area contributed by atoms with Crippen molar-refractivity contribution in [1.82, 2.24) is 0 Å². The maximum absolute atomic E-state index is 13.2. The Morgan fingerprint density at radius 1 is 1.31 bits per heavy atom. The summed E-state index contributed by atoms with van der Waals surface area (Å²) < 4.78 is 30.8. The lowest BCUT2D eigenvalue weighted by atomic mass is 9.89. The monoisotopic (exact) mass is 185 g/mol. The predicted octanol–water partition coefficient (Wildman–Crippen LogP) is 1.15. The molecular weight excluding hydrogens is 176 g/mol. The second kappa shape index (κ2) is 2.75. The Bertz CT molecular complexity index is 336. The summed E-state index contributed by atoms with van der Waals surface area (Å²) in [4.78, 5) is 0. The number of hydrogen-bond donors (Lipinski definition) is 1. The van der Waals surface area contributed by atoms with Gasteiger partial charge in [-0.1, -0.05) is 0 Å². The van der Waals surface area contributed by atoms with Crippen molar-refractivity contribution >= 4 is 0 Å². The molecule has 0 atom stereocenters. The fraction of sp³-hybridized carbons (Fsp3) is 0.333. The van der Waals surface area contributed by atoms with Crippen LogP contribution in [0.4, 0.5) is 8.78 Å². The normalized spacial score (nSPS) is 19.6. The molecule has 13 heavy (non-hydrogen) atoms. The van der Waals surface area contributed by atoms with Crippen molar-refractivity contribution in [1.29, 1.82) is 0 Å². The first-order valence-electron chi connectivity index (χ1n) is 3.94. The van der Waals surface area contributed by atoms with Crippen LogP contribution in [0, 0.1) is 11.6 Å². The van der Waals surface area contributed by atoms with E-state index in [0.717, 1.165) is 18.2 Å². The van der Waals surface area contributed by atoms with Crippen molar-refractivity contribution < 1.29 is 13.5 Å². The van der Waals surface area contributed by atoms with E-state index in [1.165, 1.54) is 0 Å². The quantitative estimate of drug-likeness (QED) is 0.712. The Kier molecular flexibility index (Phi) is 1.82. The van der Waals surface area contributed by atoms with Gasteiger partial charge in [0.2, 0.25) is 0 Å². The first kappa shape index (κ1) is 8.59. The molecule has 1 aromatic carbocycles. The van der Waals surface area contributed by atoms with E-state index in [2.05, 4.69) is 0 Å². The summed E-state index contributed by atoms with van der Waals surface area (Å²) in [5, 5.41) is 0. The molecule has 0 unspecified atom stereocenters. The summed E-state index contributed by atoms with van der Waals surface area (Å²) in [6.45, 7) is 0.487. The second-order valence-electron chi connectivity index (χ2n) is 3.27. The minimum atomic E-state index is -0.841. The molecule has 1 fully saturated rings. The zero-order chi connectivity index (χ0) is 9.47. The van der Waals surface area contributed by atoms with Crippen LogP contribution in [0.1, 0.15) is 5.56 Å². The van der Waals surface area contributed by atoms with Crippen molar-refractivity contribution in [2.75, 3.05) is 13.2 Å². The highest BCUT2D eigenvalue weighted by Crippen LogP contribution is 2.28. The summed E-state index contributed by atoms with van der Waals surface area (Å²) in [5.41, 5.74) is 5.11. The van der Waals surface area contributed by atoms with Crippen LogP contribution in [0.3, 0.4) is 0 Å². The third-order valence-electron chi connectivity index (χ3n) is 2.18. The Hall–Kier alpha value is -1.00. The van der Waals surface area contributed by atoms with Crippen LogP contribution < -0.4 is 5.73 Å². The molecule has 1 aromatic rings. The van der Waals surface area contributed by atoms with Gasteiger partial charge in [0, 0.05) is 5.56 Å². The smallest absolute Gasteiger partial charge is 0.128 e. The molecule has 0 bridgehead atoms. The number of benzene rings is 1. The van der Waals surface area contributed by atoms with Crippen LogP contribution in [-0.4, -0.2) is 13.2 Å². The molecular formula is C9H9F2NO. The molecule has 1 aliphatic heterocycles. The average Bonchev–Trinajstić information content (AvgIpc) is 2.05. The van der Waals surface area contributed by atoms with Gasteiger partial charge in [0.15, 0.2) is 0 Å². The Morgan fingerprint density at radius 2 is 2.00 bits per heavy atom. The van der Waals surface area contributed by atoms with Gasteiger partial charge in [0.05, 0.1) is 18.8 Å². The van der Waals surface area contributed by atoms with Crippen molar-refractivity contribution in [3.05, 3.63) is 35.4 Å². The van der Waals surface area contributed by atoms with Gasteiger partial charge in [0.1, 0.15) is 11.6 Å². The summed E-state index contributed by atoms with van der Waals surface area (Å²) in [6.07, 6.45) is 0. The van der Waals surface area contributed by atoms with Crippen molar-refractivity contribution in [3.63, 3.8) is 0 Å². The van der Waals surface area contributed by atoms with Crippen LogP contribution in [0.5, 0.6) is 0 Å². The Morgan fingerprint density at radius 3 is 2.54 bits per heavy atom. The molecule has 4 heteroatoms. The van der Waals surface area contributed by atoms with Crippen LogP contribution in [0.25, 0.3) is 0 Å². The lowest BCUT2D eigenvalue weighted by Crippen LogP contribution is -2.54. The first-order chi connectivity index (χ1) is 6.12. The predicted molar refractivity (Wildman–Crippen MR) is 43.0 cm³/mol. The van der Waals surface area contributed by atoms with E-state index < -0.39 is 17.2 Å². The highest BCUT2D eigenvalue weighted by molar-refractivity contribution is 5.28. The van der Waals surface area contributed by atoms with E-state index in [-0.39, 0.29) is 18.8 Å². The fourth-order valence-corrected chi connectivity index (χ4v) is 1.36. The molecule has 0 radical (unpaired) electrons. The summed E-state index contributed by atoms with van der Waals surface area (Å²) >= 11 is 0. The maximum atomic E-state index is 13.2. The number of nitrogens with two attached hydrogens (primary N) is 1. The second-order valence-corrected chi connectivity index (χ2v) is 3.27. The average molecular weight is 185 g/mol. The Balaban J connectivity index is 2.43. The minimum Gasteiger partial charge on any atom is -0.377 e. The van der Waals surface area contributed by atoms with E-state index in [9.17, 15) is 8.78 Å². The Labute approximate surface area is 74.3 Å². The van der Waals surface area contributed by atoms with Crippen molar-refractivity contribution in [3.8, 4) is 0 Å². The van der Waals surface area contributed by atoms with Crippen LogP contribution in [0.2, 0.25) is 0 Å². The molecule has 0 amide bonds. The van der Waals surface area contributed by atoms with Gasteiger partial charge in [0.25, 0.3) is 0 Å².